The van der Waals surface area contributed by atoms with Gasteiger partial charge in [-0.05, 0) is 50.3 Å². The Hall–Kier alpha value is -1.83. The molecule has 162 valence electrons. The monoisotopic (exact) mass is 428 g/mol. The van der Waals surface area contributed by atoms with Crippen LogP contribution in [-0.4, -0.2) is 76.9 Å². The summed E-state index contributed by atoms with van der Waals surface area (Å²) in [6, 6.07) is 8.25. The first-order valence-corrected chi connectivity index (χ1v) is 12.0. The summed E-state index contributed by atoms with van der Waals surface area (Å²) in [7, 11) is 0. The van der Waals surface area contributed by atoms with E-state index in [1.54, 1.807) is 6.20 Å². The first-order valence-electron chi connectivity index (χ1n) is 11.0. The predicted octanol–water partition coefficient (Wildman–Crippen LogP) is 3.23. The number of hydrogen-bond donors (Lipinski definition) is 0. The standard InChI is InChI=1S/C23H32N4O2S/c1-19-4-2-3-5-21(19)27-13-9-24-23(27)30-18-22(28)26-11-7-20(8-12-26)6-10-25-14-16-29-17-15-25/h2-5,9,13,20H,6-8,10-12,14-18H2,1H3. The van der Waals surface area contributed by atoms with Crippen LogP contribution in [0.2, 0.25) is 0 Å². The fourth-order valence-corrected chi connectivity index (χ4v) is 5.16. The van der Waals surface area contributed by atoms with E-state index in [1.165, 1.54) is 30.3 Å². The number of hydrogen-bond acceptors (Lipinski definition) is 5. The van der Waals surface area contributed by atoms with Crippen molar-refractivity contribution < 1.29 is 9.53 Å². The summed E-state index contributed by atoms with van der Waals surface area (Å²) in [6.07, 6.45) is 7.26. The Morgan fingerprint density at radius 1 is 1.17 bits per heavy atom. The van der Waals surface area contributed by atoms with Gasteiger partial charge in [0.05, 0.1) is 24.7 Å². The number of nitrogens with zero attached hydrogens (tertiary/aromatic N) is 4. The zero-order valence-corrected chi connectivity index (χ0v) is 18.6. The largest absolute Gasteiger partial charge is 0.379 e. The molecule has 1 aromatic heterocycles. The van der Waals surface area contributed by atoms with Crippen LogP contribution in [0.5, 0.6) is 0 Å². The first kappa shape index (κ1) is 21.4. The van der Waals surface area contributed by atoms with Gasteiger partial charge < -0.3 is 9.64 Å². The minimum absolute atomic E-state index is 0.228. The van der Waals surface area contributed by atoms with Crippen LogP contribution in [0.25, 0.3) is 5.69 Å². The Labute approximate surface area is 183 Å². The molecule has 0 atom stereocenters. The molecule has 4 rings (SSSR count). The van der Waals surface area contributed by atoms with Crippen LogP contribution in [0.3, 0.4) is 0 Å². The molecule has 2 saturated heterocycles. The van der Waals surface area contributed by atoms with Gasteiger partial charge in [-0.2, -0.15) is 0 Å². The zero-order valence-electron chi connectivity index (χ0n) is 17.8. The highest BCUT2D eigenvalue weighted by molar-refractivity contribution is 7.99. The van der Waals surface area contributed by atoms with Crippen LogP contribution in [0, 0.1) is 12.8 Å². The van der Waals surface area contributed by atoms with Crippen molar-refractivity contribution in [1.82, 2.24) is 19.4 Å². The number of carbonyl (C=O) groups is 1. The Morgan fingerprint density at radius 3 is 2.70 bits per heavy atom. The van der Waals surface area contributed by atoms with E-state index in [0.717, 1.165) is 69.0 Å². The molecule has 0 spiro atoms. The molecule has 1 aromatic carbocycles. The average Bonchev–Trinajstić information content (AvgIpc) is 3.26. The topological polar surface area (TPSA) is 50.6 Å². The molecule has 0 saturated carbocycles. The maximum atomic E-state index is 12.8. The fraction of sp³-hybridized carbons (Fsp3) is 0.565. The van der Waals surface area contributed by atoms with Crippen LogP contribution in [0.1, 0.15) is 24.8 Å². The molecule has 30 heavy (non-hydrogen) atoms. The number of benzene rings is 1. The lowest BCUT2D eigenvalue weighted by Crippen LogP contribution is -2.41. The quantitative estimate of drug-likeness (QED) is 0.634. The molecular formula is C23H32N4O2S. The maximum absolute atomic E-state index is 12.8. The van der Waals surface area contributed by atoms with Crippen LogP contribution in [-0.2, 0) is 9.53 Å². The average molecular weight is 429 g/mol. The van der Waals surface area contributed by atoms with Crippen molar-refractivity contribution in [2.45, 2.75) is 31.3 Å². The zero-order chi connectivity index (χ0) is 20.8. The van der Waals surface area contributed by atoms with E-state index in [4.69, 9.17) is 4.74 Å². The van der Waals surface area contributed by atoms with E-state index < -0.39 is 0 Å². The number of piperidine rings is 1. The molecule has 0 radical (unpaired) electrons. The van der Waals surface area contributed by atoms with Gasteiger partial charge in [-0.15, -0.1) is 0 Å². The summed E-state index contributed by atoms with van der Waals surface area (Å²) in [5.41, 5.74) is 2.31. The van der Waals surface area contributed by atoms with Crippen LogP contribution in [0.4, 0.5) is 0 Å². The third kappa shape index (κ3) is 5.45. The fourth-order valence-electron chi connectivity index (χ4n) is 4.29. The highest BCUT2D eigenvalue weighted by atomic mass is 32.2. The number of imidazole rings is 1. The van der Waals surface area contributed by atoms with Gasteiger partial charge in [0, 0.05) is 38.6 Å². The van der Waals surface area contributed by atoms with E-state index in [-0.39, 0.29) is 5.91 Å². The lowest BCUT2D eigenvalue weighted by molar-refractivity contribution is -0.129. The number of likely N-dealkylation sites (tertiary alicyclic amines) is 1. The summed E-state index contributed by atoms with van der Waals surface area (Å²) in [5.74, 6) is 1.41. The summed E-state index contributed by atoms with van der Waals surface area (Å²) in [4.78, 5) is 21.8. The van der Waals surface area contributed by atoms with Crippen LogP contribution < -0.4 is 0 Å². The predicted molar refractivity (Wildman–Crippen MR) is 120 cm³/mol. The SMILES string of the molecule is Cc1ccccc1-n1ccnc1SCC(=O)N1CCC(CCN2CCOCC2)CC1. The van der Waals surface area contributed by atoms with Crippen molar-refractivity contribution in [3.8, 4) is 5.69 Å². The number of thioether (sulfide) groups is 1. The van der Waals surface area contributed by atoms with Crippen molar-refractivity contribution in [1.29, 1.82) is 0 Å². The van der Waals surface area contributed by atoms with Crippen molar-refractivity contribution in [2.24, 2.45) is 5.92 Å². The summed E-state index contributed by atoms with van der Waals surface area (Å²) in [6.45, 7) is 8.90. The first-order chi connectivity index (χ1) is 14.7. The van der Waals surface area contributed by atoms with Gasteiger partial charge in [0.25, 0.3) is 0 Å². The molecule has 2 aromatic rings. The summed E-state index contributed by atoms with van der Waals surface area (Å²) in [5, 5.41) is 0.873. The Balaban J connectivity index is 1.22. The highest BCUT2D eigenvalue weighted by Gasteiger charge is 2.24. The number of aryl methyl sites for hydroxylation is 1. The summed E-state index contributed by atoms with van der Waals surface area (Å²) < 4.78 is 7.50. The second-order valence-corrected chi connectivity index (χ2v) is 9.16. The number of para-hydroxylation sites is 1. The Morgan fingerprint density at radius 2 is 1.93 bits per heavy atom. The lowest BCUT2D eigenvalue weighted by Gasteiger charge is -2.34. The number of aromatic nitrogens is 2. The minimum atomic E-state index is 0.228. The third-order valence-electron chi connectivity index (χ3n) is 6.23. The molecular weight excluding hydrogens is 396 g/mol. The van der Waals surface area contributed by atoms with E-state index in [9.17, 15) is 4.79 Å². The Kier molecular flexibility index (Phi) is 7.47. The van der Waals surface area contributed by atoms with Gasteiger partial charge >= 0.3 is 0 Å². The van der Waals surface area contributed by atoms with E-state index in [0.29, 0.717) is 5.75 Å². The van der Waals surface area contributed by atoms with Gasteiger partial charge in [0.15, 0.2) is 5.16 Å². The molecule has 2 fully saturated rings. The number of rotatable bonds is 7. The second kappa shape index (κ2) is 10.5. The number of ether oxygens (including phenoxy) is 1. The molecule has 3 heterocycles. The van der Waals surface area contributed by atoms with E-state index >= 15 is 0 Å². The van der Waals surface area contributed by atoms with Crippen LogP contribution >= 0.6 is 11.8 Å². The normalized spacial score (nSPS) is 18.6. The second-order valence-electron chi connectivity index (χ2n) is 8.22. The third-order valence-corrected chi connectivity index (χ3v) is 7.18. The van der Waals surface area contributed by atoms with E-state index in [2.05, 4.69) is 33.5 Å². The van der Waals surface area contributed by atoms with Crippen molar-refractivity contribution in [3.63, 3.8) is 0 Å². The van der Waals surface area contributed by atoms with Gasteiger partial charge in [0.2, 0.25) is 5.91 Å². The molecule has 7 heteroatoms. The van der Waals surface area contributed by atoms with Gasteiger partial charge in [-0.3, -0.25) is 14.3 Å². The number of morpholine rings is 1. The molecule has 6 nitrogen and oxygen atoms in total. The molecule has 0 unspecified atom stereocenters. The minimum Gasteiger partial charge on any atom is -0.379 e. The summed E-state index contributed by atoms with van der Waals surface area (Å²) >= 11 is 1.53. The molecule has 0 bridgehead atoms. The van der Waals surface area contributed by atoms with Crippen molar-refractivity contribution in [3.05, 3.63) is 42.2 Å². The molecule has 0 N–H and O–H groups in total. The molecule has 2 aliphatic heterocycles. The molecule has 1 amide bonds. The highest BCUT2D eigenvalue weighted by Crippen LogP contribution is 2.25. The van der Waals surface area contributed by atoms with Gasteiger partial charge in [-0.1, -0.05) is 30.0 Å². The number of amides is 1. The van der Waals surface area contributed by atoms with Crippen LogP contribution in [0.15, 0.2) is 41.8 Å². The van der Waals surface area contributed by atoms with Gasteiger partial charge in [0.1, 0.15) is 0 Å². The Bertz CT molecular complexity index is 826. The maximum Gasteiger partial charge on any atom is 0.233 e. The number of carbonyl (C=O) groups excluding carboxylic acids is 1. The van der Waals surface area contributed by atoms with Gasteiger partial charge in [-0.25, -0.2) is 4.98 Å². The molecule has 2 aliphatic rings. The van der Waals surface area contributed by atoms with Crippen molar-refractivity contribution >= 4 is 17.7 Å². The van der Waals surface area contributed by atoms with Crippen molar-refractivity contribution in [2.75, 3.05) is 51.7 Å². The molecule has 0 aliphatic carbocycles. The lowest BCUT2D eigenvalue weighted by atomic mass is 9.93. The smallest absolute Gasteiger partial charge is 0.233 e. The van der Waals surface area contributed by atoms with E-state index in [1.807, 2.05) is 23.2 Å².